The third-order valence-electron chi connectivity index (χ3n) is 4.89. The van der Waals surface area contributed by atoms with Gasteiger partial charge in [-0.15, -0.1) is 11.8 Å². The van der Waals surface area contributed by atoms with Gasteiger partial charge < -0.3 is 16.0 Å². The predicted molar refractivity (Wildman–Crippen MR) is 110 cm³/mol. The highest BCUT2D eigenvalue weighted by Gasteiger charge is 2.47. The van der Waals surface area contributed by atoms with E-state index in [1.54, 1.807) is 28.8 Å². The molecule has 2 rings (SSSR count). The van der Waals surface area contributed by atoms with Gasteiger partial charge in [0.25, 0.3) is 5.69 Å². The van der Waals surface area contributed by atoms with Gasteiger partial charge in [-0.2, -0.15) is 0 Å². The second kappa shape index (κ2) is 8.91. The summed E-state index contributed by atoms with van der Waals surface area (Å²) in [7, 11) is 0. The van der Waals surface area contributed by atoms with Crippen molar-refractivity contribution in [2.45, 2.75) is 51.1 Å². The molecule has 0 bridgehead atoms. The Balaban J connectivity index is 1.98. The molecule has 0 spiro atoms. The minimum Gasteiger partial charge on any atom is -0.354 e. The minimum atomic E-state index is -0.645. The van der Waals surface area contributed by atoms with Gasteiger partial charge in [0.15, 0.2) is 0 Å². The Morgan fingerprint density at radius 2 is 1.96 bits per heavy atom. The van der Waals surface area contributed by atoms with Crippen molar-refractivity contribution < 1.29 is 14.5 Å². The molecule has 0 saturated carbocycles. The van der Waals surface area contributed by atoms with E-state index >= 15 is 0 Å². The highest BCUT2D eigenvalue weighted by atomic mass is 32.2. The number of hydrogen-bond donors (Lipinski definition) is 2. The lowest BCUT2D eigenvalue weighted by Crippen LogP contribution is -2.58. The first-order valence-electron chi connectivity index (χ1n) is 9.28. The molecular formula is C19H28N4O4S. The third-order valence-corrected chi connectivity index (χ3v) is 6.28. The third kappa shape index (κ3) is 5.02. The summed E-state index contributed by atoms with van der Waals surface area (Å²) in [4.78, 5) is 36.9. The number of nitro groups is 1. The van der Waals surface area contributed by atoms with Crippen molar-refractivity contribution in [3.8, 4) is 0 Å². The number of non-ortho nitro benzene ring substituents is 1. The van der Waals surface area contributed by atoms with Crippen molar-refractivity contribution >= 4 is 29.3 Å². The molecule has 0 aliphatic carbocycles. The van der Waals surface area contributed by atoms with E-state index < -0.39 is 21.9 Å². The molecule has 1 aliphatic rings. The monoisotopic (exact) mass is 408 g/mol. The van der Waals surface area contributed by atoms with E-state index in [9.17, 15) is 19.7 Å². The number of nitro benzene ring substituents is 1. The molecule has 154 valence electrons. The highest BCUT2D eigenvalue weighted by molar-refractivity contribution is 8.00. The van der Waals surface area contributed by atoms with Gasteiger partial charge >= 0.3 is 0 Å². The van der Waals surface area contributed by atoms with Gasteiger partial charge in [-0.25, -0.2) is 0 Å². The Labute approximate surface area is 169 Å². The van der Waals surface area contributed by atoms with Crippen LogP contribution in [-0.4, -0.2) is 50.9 Å². The number of rotatable bonds is 7. The van der Waals surface area contributed by atoms with E-state index in [1.807, 2.05) is 27.7 Å². The fraction of sp³-hybridized carbons (Fsp3) is 0.579. The highest BCUT2D eigenvalue weighted by Crippen LogP contribution is 2.39. The molecule has 9 heteroatoms. The molecule has 2 atom stereocenters. The molecule has 0 radical (unpaired) electrons. The second-order valence-corrected chi connectivity index (χ2v) is 9.34. The molecule has 1 fully saturated rings. The number of amides is 2. The van der Waals surface area contributed by atoms with Gasteiger partial charge in [-0.1, -0.05) is 26.0 Å². The SMILES string of the molecule is CC(C)[C@H](N)C(=O)N1[C@@H](C(=O)NCCc2ccc([N+](=O)[O-])cc2)CSC1(C)C. The molecule has 1 saturated heterocycles. The van der Waals surface area contributed by atoms with Crippen LogP contribution in [0.25, 0.3) is 0 Å². The first kappa shape index (κ1) is 22.2. The van der Waals surface area contributed by atoms with Crippen molar-refractivity contribution in [2.24, 2.45) is 11.7 Å². The Kier molecular flexibility index (Phi) is 7.06. The van der Waals surface area contributed by atoms with Crippen LogP contribution in [0.5, 0.6) is 0 Å². The molecule has 1 aromatic carbocycles. The first-order chi connectivity index (χ1) is 13.0. The summed E-state index contributed by atoms with van der Waals surface area (Å²) in [6, 6.07) is 5.04. The summed E-state index contributed by atoms with van der Waals surface area (Å²) in [5, 5.41) is 13.6. The molecule has 1 aliphatic heterocycles. The zero-order valence-electron chi connectivity index (χ0n) is 16.7. The minimum absolute atomic E-state index is 0.0141. The number of nitrogens with two attached hydrogens (primary N) is 1. The van der Waals surface area contributed by atoms with Gasteiger partial charge in [0.1, 0.15) is 6.04 Å². The molecule has 1 heterocycles. The van der Waals surface area contributed by atoms with Gasteiger partial charge in [0.05, 0.1) is 15.8 Å². The molecule has 1 aromatic rings. The van der Waals surface area contributed by atoms with E-state index in [0.717, 1.165) is 5.56 Å². The zero-order chi connectivity index (χ0) is 21.1. The topological polar surface area (TPSA) is 119 Å². The van der Waals surface area contributed by atoms with Crippen LogP contribution in [0.15, 0.2) is 24.3 Å². The lowest BCUT2D eigenvalue weighted by Gasteiger charge is -2.36. The Hall–Kier alpha value is -2.13. The van der Waals surface area contributed by atoms with Crippen molar-refractivity contribution in [3.05, 3.63) is 39.9 Å². The number of carbonyl (C=O) groups excluding carboxylic acids is 2. The van der Waals surface area contributed by atoms with Crippen LogP contribution in [0.1, 0.15) is 33.3 Å². The van der Waals surface area contributed by atoms with Crippen LogP contribution in [0.4, 0.5) is 5.69 Å². The average molecular weight is 409 g/mol. The Morgan fingerprint density at radius 3 is 2.50 bits per heavy atom. The standard InChI is InChI=1S/C19H28N4O4S/c1-12(2)16(20)18(25)22-15(11-28-19(22,3)4)17(24)21-10-9-13-5-7-14(8-6-13)23(26)27/h5-8,12,15-16H,9-11,20H2,1-4H3,(H,21,24)/t15-,16+/m1/s1. The maximum Gasteiger partial charge on any atom is 0.269 e. The van der Waals surface area contributed by atoms with Crippen LogP contribution >= 0.6 is 11.8 Å². The summed E-state index contributed by atoms with van der Waals surface area (Å²) in [6.45, 7) is 8.01. The van der Waals surface area contributed by atoms with E-state index in [4.69, 9.17) is 5.73 Å². The fourth-order valence-electron chi connectivity index (χ4n) is 3.09. The van der Waals surface area contributed by atoms with Gasteiger partial charge in [-0.05, 0) is 31.7 Å². The predicted octanol–water partition coefficient (Wildman–Crippen LogP) is 1.92. The molecule has 0 unspecified atom stereocenters. The van der Waals surface area contributed by atoms with Crippen molar-refractivity contribution in [1.82, 2.24) is 10.2 Å². The van der Waals surface area contributed by atoms with Crippen LogP contribution in [0.2, 0.25) is 0 Å². The summed E-state index contributed by atoms with van der Waals surface area (Å²) in [5.41, 5.74) is 6.98. The Morgan fingerprint density at radius 1 is 1.36 bits per heavy atom. The Bertz CT molecular complexity index is 736. The summed E-state index contributed by atoms with van der Waals surface area (Å²) in [5.74, 6) is 0.0944. The van der Waals surface area contributed by atoms with Crippen molar-refractivity contribution in [2.75, 3.05) is 12.3 Å². The molecule has 28 heavy (non-hydrogen) atoms. The maximum atomic E-state index is 12.9. The van der Waals surface area contributed by atoms with E-state index in [1.165, 1.54) is 12.1 Å². The van der Waals surface area contributed by atoms with Gasteiger partial charge in [0, 0.05) is 24.4 Å². The molecule has 0 aromatic heterocycles. The number of thioether (sulfide) groups is 1. The summed E-state index contributed by atoms with van der Waals surface area (Å²) in [6.07, 6.45) is 0.548. The van der Waals surface area contributed by atoms with E-state index in [0.29, 0.717) is 18.7 Å². The average Bonchev–Trinajstić information content (AvgIpc) is 2.95. The van der Waals surface area contributed by atoms with Crippen molar-refractivity contribution in [1.29, 1.82) is 0 Å². The maximum absolute atomic E-state index is 12.9. The largest absolute Gasteiger partial charge is 0.354 e. The van der Waals surface area contributed by atoms with Gasteiger partial charge in [0.2, 0.25) is 11.8 Å². The summed E-state index contributed by atoms with van der Waals surface area (Å²) < 4.78 is 0. The van der Waals surface area contributed by atoms with Crippen molar-refractivity contribution in [3.63, 3.8) is 0 Å². The fourth-order valence-corrected chi connectivity index (χ4v) is 4.31. The lowest BCUT2D eigenvalue weighted by atomic mass is 10.0. The molecule has 3 N–H and O–H groups in total. The van der Waals surface area contributed by atoms with Crippen LogP contribution in [-0.2, 0) is 16.0 Å². The van der Waals surface area contributed by atoms with Crippen LogP contribution in [0.3, 0.4) is 0 Å². The normalized spacial score (nSPS) is 19.5. The van der Waals surface area contributed by atoms with E-state index in [-0.39, 0.29) is 23.4 Å². The van der Waals surface area contributed by atoms with Gasteiger partial charge in [-0.3, -0.25) is 19.7 Å². The number of benzene rings is 1. The quantitative estimate of drug-likeness (QED) is 0.525. The number of nitrogens with zero attached hydrogens (tertiary/aromatic N) is 2. The number of hydrogen-bond acceptors (Lipinski definition) is 6. The first-order valence-corrected chi connectivity index (χ1v) is 10.3. The lowest BCUT2D eigenvalue weighted by molar-refractivity contribution is -0.384. The van der Waals surface area contributed by atoms with Crippen LogP contribution in [0, 0.1) is 16.0 Å². The number of carbonyl (C=O) groups is 2. The van der Waals surface area contributed by atoms with Crippen LogP contribution < -0.4 is 11.1 Å². The second-order valence-electron chi connectivity index (χ2n) is 7.72. The zero-order valence-corrected chi connectivity index (χ0v) is 17.5. The smallest absolute Gasteiger partial charge is 0.269 e. The molecular weight excluding hydrogens is 380 g/mol. The number of nitrogens with one attached hydrogen (secondary N) is 1. The summed E-state index contributed by atoms with van der Waals surface area (Å²) >= 11 is 1.56. The molecule has 2 amide bonds. The molecule has 8 nitrogen and oxygen atoms in total. The van der Waals surface area contributed by atoms with E-state index in [2.05, 4.69) is 5.32 Å².